The Morgan fingerprint density at radius 1 is 0.700 bits per heavy atom. The van der Waals surface area contributed by atoms with Gasteiger partial charge in [0.2, 0.25) is 0 Å². The quantitative estimate of drug-likeness (QED) is 0.580. The summed E-state index contributed by atoms with van der Waals surface area (Å²) < 4.78 is 0. The van der Waals surface area contributed by atoms with Crippen LogP contribution in [0.1, 0.15) is 0 Å². The number of hydrogen-bond acceptors (Lipinski definition) is 3. The van der Waals surface area contributed by atoms with Crippen LogP contribution in [0.2, 0.25) is 5.02 Å². The maximum absolute atomic E-state index is 6.20. The first-order chi connectivity index (χ1) is 9.36. The summed E-state index contributed by atoms with van der Waals surface area (Å²) in [6.07, 6.45) is 5.19. The number of rotatable bonds is 2. The molecule has 3 nitrogen and oxygen atoms in total. The van der Waals surface area contributed by atoms with Crippen molar-refractivity contribution in [1.82, 2.24) is 15.0 Å². The molecule has 0 N–H and O–H groups in total. The second-order valence-electron chi connectivity index (χ2n) is 3.95. The van der Waals surface area contributed by atoms with Gasteiger partial charge in [-0.2, -0.15) is 0 Å². The molecule has 0 saturated carbocycles. The molecule has 102 valence electrons. The summed E-state index contributed by atoms with van der Waals surface area (Å²) in [5.74, 6) is 0. The Balaban J connectivity index is 0.00000147. The molecule has 0 bridgehead atoms. The van der Waals surface area contributed by atoms with E-state index < -0.39 is 0 Å². The van der Waals surface area contributed by atoms with Crippen LogP contribution in [0.3, 0.4) is 0 Å². The first-order valence-corrected chi connectivity index (χ1v) is 6.21. The Hall–Kier alpha value is -1.57. The first kappa shape index (κ1) is 14.8. The predicted molar refractivity (Wildman–Crippen MR) is 75.7 cm³/mol. The van der Waals surface area contributed by atoms with Crippen LogP contribution in [0.15, 0.2) is 61.1 Å². The van der Waals surface area contributed by atoms with E-state index in [4.69, 9.17) is 11.6 Å². The zero-order chi connectivity index (χ0) is 13.1. The van der Waals surface area contributed by atoms with Crippen molar-refractivity contribution in [3.8, 4) is 22.6 Å². The smallest absolute Gasteiger partial charge is 0.108 e. The third-order valence-electron chi connectivity index (χ3n) is 2.73. The molecule has 0 aliphatic heterocycles. The van der Waals surface area contributed by atoms with Gasteiger partial charge in [0, 0.05) is 45.2 Å². The summed E-state index contributed by atoms with van der Waals surface area (Å²) in [5, 5.41) is 0.582. The van der Waals surface area contributed by atoms with Crippen molar-refractivity contribution in [2.24, 2.45) is 0 Å². The summed E-state index contributed by atoms with van der Waals surface area (Å²) in [5.41, 5.74) is 3.19. The van der Waals surface area contributed by atoms with Gasteiger partial charge in [0.1, 0.15) is 5.69 Å². The van der Waals surface area contributed by atoms with Crippen molar-refractivity contribution >= 4 is 11.6 Å². The fourth-order valence-corrected chi connectivity index (χ4v) is 2.09. The van der Waals surface area contributed by atoms with E-state index in [2.05, 4.69) is 15.0 Å². The molecule has 0 aromatic carbocycles. The topological polar surface area (TPSA) is 38.7 Å². The van der Waals surface area contributed by atoms with Gasteiger partial charge in [0.15, 0.2) is 0 Å². The van der Waals surface area contributed by atoms with Crippen LogP contribution < -0.4 is 0 Å². The average molecular weight is 463 g/mol. The van der Waals surface area contributed by atoms with Gasteiger partial charge in [-0.1, -0.05) is 17.7 Å². The van der Waals surface area contributed by atoms with Crippen LogP contribution in [0.4, 0.5) is 0 Å². The van der Waals surface area contributed by atoms with Crippen molar-refractivity contribution in [3.05, 3.63) is 66.1 Å². The summed E-state index contributed by atoms with van der Waals surface area (Å²) in [6, 6.07) is 13.2. The van der Waals surface area contributed by atoms with E-state index in [0.717, 1.165) is 17.0 Å². The Morgan fingerprint density at radius 3 is 2.10 bits per heavy atom. The van der Waals surface area contributed by atoms with E-state index in [9.17, 15) is 0 Å². The normalized spacial score (nSPS) is 9.85. The number of pyridine rings is 3. The molecule has 0 atom stereocenters. The maximum atomic E-state index is 6.20. The van der Waals surface area contributed by atoms with Gasteiger partial charge in [0.25, 0.3) is 0 Å². The zero-order valence-electron chi connectivity index (χ0n) is 10.3. The molecule has 0 aliphatic carbocycles. The van der Waals surface area contributed by atoms with E-state index in [1.807, 2.05) is 30.3 Å². The summed E-state index contributed by atoms with van der Waals surface area (Å²) in [4.78, 5) is 13.1. The first-order valence-electron chi connectivity index (χ1n) is 5.83. The van der Waals surface area contributed by atoms with Crippen LogP contribution in [-0.4, -0.2) is 15.0 Å². The van der Waals surface area contributed by atoms with Gasteiger partial charge in [0.05, 0.1) is 16.4 Å². The Morgan fingerprint density at radius 2 is 1.40 bits per heavy atom. The van der Waals surface area contributed by atoms with Gasteiger partial charge in [-0.15, -0.1) is 0 Å². The number of nitrogens with zero attached hydrogens (tertiary/aromatic N) is 3. The van der Waals surface area contributed by atoms with E-state index >= 15 is 0 Å². The standard InChI is InChI=1S/C15H10ClN3.Pt/c16-12-6-4-10-19-15(12)14-11(5-3-9-18-14)13-7-1-2-8-17-13;/h1-10H;. The van der Waals surface area contributed by atoms with E-state index in [-0.39, 0.29) is 21.1 Å². The monoisotopic (exact) mass is 462 g/mol. The average Bonchev–Trinajstić information content (AvgIpc) is 2.49. The maximum Gasteiger partial charge on any atom is 0.108 e. The minimum Gasteiger partial charge on any atom is -0.256 e. The molecule has 0 unspecified atom stereocenters. The van der Waals surface area contributed by atoms with Crippen molar-refractivity contribution in [1.29, 1.82) is 0 Å². The van der Waals surface area contributed by atoms with E-state index in [0.29, 0.717) is 10.7 Å². The molecule has 3 heterocycles. The van der Waals surface area contributed by atoms with Crippen LogP contribution >= 0.6 is 11.6 Å². The minimum atomic E-state index is 0. The summed E-state index contributed by atoms with van der Waals surface area (Å²) >= 11 is 6.20. The molecule has 3 aromatic heterocycles. The predicted octanol–water partition coefficient (Wildman–Crippen LogP) is 3.86. The van der Waals surface area contributed by atoms with Crippen LogP contribution in [-0.2, 0) is 21.1 Å². The van der Waals surface area contributed by atoms with Crippen molar-refractivity contribution in [3.63, 3.8) is 0 Å². The van der Waals surface area contributed by atoms with E-state index in [1.165, 1.54) is 0 Å². The van der Waals surface area contributed by atoms with Crippen molar-refractivity contribution in [2.75, 3.05) is 0 Å². The summed E-state index contributed by atoms with van der Waals surface area (Å²) in [7, 11) is 0. The molecule has 5 heteroatoms. The van der Waals surface area contributed by atoms with Crippen LogP contribution in [0, 0.1) is 0 Å². The zero-order valence-corrected chi connectivity index (χ0v) is 13.3. The van der Waals surface area contributed by atoms with Gasteiger partial charge >= 0.3 is 0 Å². The SMILES string of the molecule is Clc1cccnc1-c1ncccc1-c1ccccn1.[Pt]. The fraction of sp³-hybridized carbons (Fsp3) is 0. The van der Waals surface area contributed by atoms with Crippen LogP contribution in [0.25, 0.3) is 22.6 Å². The second kappa shape index (κ2) is 6.73. The third kappa shape index (κ3) is 2.95. The number of halogens is 1. The molecule has 20 heavy (non-hydrogen) atoms. The molecule has 0 spiro atoms. The summed E-state index contributed by atoms with van der Waals surface area (Å²) in [6.45, 7) is 0. The molecule has 3 rings (SSSR count). The second-order valence-corrected chi connectivity index (χ2v) is 4.36. The molecular formula is C15H10ClN3Pt. The Kier molecular flexibility index (Phi) is 4.99. The number of aromatic nitrogens is 3. The van der Waals surface area contributed by atoms with Gasteiger partial charge in [-0.25, -0.2) is 0 Å². The molecule has 0 saturated heterocycles. The molecule has 0 aliphatic rings. The third-order valence-corrected chi connectivity index (χ3v) is 3.04. The largest absolute Gasteiger partial charge is 0.256 e. The van der Waals surface area contributed by atoms with Crippen molar-refractivity contribution < 1.29 is 21.1 Å². The van der Waals surface area contributed by atoms with Crippen LogP contribution in [0.5, 0.6) is 0 Å². The Labute approximate surface area is 136 Å². The molecule has 3 aromatic rings. The van der Waals surface area contributed by atoms with Gasteiger partial charge in [-0.3, -0.25) is 15.0 Å². The van der Waals surface area contributed by atoms with Gasteiger partial charge < -0.3 is 0 Å². The minimum absolute atomic E-state index is 0. The van der Waals surface area contributed by atoms with Gasteiger partial charge in [-0.05, 0) is 36.4 Å². The molecule has 0 fully saturated rings. The molecule has 0 amide bonds. The van der Waals surface area contributed by atoms with E-state index in [1.54, 1.807) is 30.7 Å². The van der Waals surface area contributed by atoms with Crippen molar-refractivity contribution in [2.45, 2.75) is 0 Å². The number of hydrogen-bond donors (Lipinski definition) is 0. The Bertz CT molecular complexity index is 704. The molecular weight excluding hydrogens is 453 g/mol. The fourth-order valence-electron chi connectivity index (χ4n) is 1.88. The molecule has 0 radical (unpaired) electrons.